The molecule has 2 atom stereocenters. The van der Waals surface area contributed by atoms with E-state index in [0.717, 1.165) is 12.2 Å². The van der Waals surface area contributed by atoms with Gasteiger partial charge in [0.05, 0.1) is 24.7 Å². The fourth-order valence-corrected chi connectivity index (χ4v) is 6.56. The Labute approximate surface area is 378 Å². The van der Waals surface area contributed by atoms with Crippen LogP contribution in [0.15, 0.2) is 37.4 Å². The second kappa shape index (κ2) is 29.4. The standard InChI is InChI=1S/C20H38N2.2C12H8BF5N3O/c1-2-3-4-5-6-7-8-9-10-11-12-13-14-15-16-17-20-21-18-19-22-20;2*14-7-6(8(15)10(17)11(18)9(7)16)13-12(22)5(19)1-4-2-20-3-21-4/h18-19H,2-17H2,1H3,(H,21,22);2*2-3,5H,1,19H2,(H,20,21)/t;2*5-/m.00/s1. The molecule has 3 aromatic heterocycles. The van der Waals surface area contributed by atoms with Crippen LogP contribution in [-0.4, -0.2) is 67.9 Å². The summed E-state index contributed by atoms with van der Waals surface area (Å²) in [4.78, 5) is 43.7. The maximum Gasteiger partial charge on any atom is 0.251 e. The van der Waals surface area contributed by atoms with Crippen LogP contribution in [0.1, 0.15) is 120 Å². The van der Waals surface area contributed by atoms with Gasteiger partial charge < -0.3 is 36.0 Å². The summed E-state index contributed by atoms with van der Waals surface area (Å²) in [5.41, 5.74) is 7.40. The molecule has 0 aliphatic heterocycles. The third-order valence-electron chi connectivity index (χ3n) is 10.4. The van der Waals surface area contributed by atoms with Crippen molar-refractivity contribution < 1.29 is 53.5 Å². The molecular formula is C44H54B2F10N8O2. The van der Waals surface area contributed by atoms with E-state index < -0.39 is 92.5 Å². The maximum atomic E-state index is 13.4. The number of aromatic nitrogens is 6. The van der Waals surface area contributed by atoms with Gasteiger partial charge in [0.15, 0.2) is 58.2 Å². The van der Waals surface area contributed by atoms with Gasteiger partial charge in [-0.1, -0.05) is 96.8 Å². The van der Waals surface area contributed by atoms with Crippen molar-refractivity contribution in [2.24, 2.45) is 11.5 Å². The van der Waals surface area contributed by atoms with Crippen molar-refractivity contribution >= 4 is 36.8 Å². The van der Waals surface area contributed by atoms with Crippen LogP contribution in [0.3, 0.4) is 0 Å². The summed E-state index contributed by atoms with van der Waals surface area (Å²) in [7, 11) is 0.606. The Morgan fingerprint density at radius 3 is 1.15 bits per heavy atom. The molecular weight excluding hydrogens is 884 g/mol. The Hall–Kier alpha value is -5.24. The average molecular weight is 939 g/mol. The minimum atomic E-state index is -2.29. The summed E-state index contributed by atoms with van der Waals surface area (Å²) in [6, 6.07) is -2.45. The summed E-state index contributed by atoms with van der Waals surface area (Å²) in [5.74, 6) is -20.3. The van der Waals surface area contributed by atoms with Crippen LogP contribution >= 0.6 is 0 Å². The zero-order valence-corrected chi connectivity index (χ0v) is 36.6. The number of nitrogens with one attached hydrogen (secondary N) is 3. The van der Waals surface area contributed by atoms with Crippen LogP contribution in [0.25, 0.3) is 0 Å². The number of benzene rings is 2. The topological polar surface area (TPSA) is 172 Å². The lowest BCUT2D eigenvalue weighted by Gasteiger charge is -2.11. The molecule has 0 spiro atoms. The van der Waals surface area contributed by atoms with E-state index in [2.05, 4.69) is 36.8 Å². The highest BCUT2D eigenvalue weighted by Gasteiger charge is 2.30. The third kappa shape index (κ3) is 17.9. The molecule has 66 heavy (non-hydrogen) atoms. The molecule has 0 saturated carbocycles. The number of aryl methyl sites for hydroxylation is 1. The minimum absolute atomic E-state index is 0.0370. The number of carbonyl (C=O) groups excluding carboxylic acids is 2. The zero-order chi connectivity index (χ0) is 48.6. The van der Waals surface area contributed by atoms with E-state index >= 15 is 0 Å². The number of carbonyl (C=O) groups is 2. The Morgan fingerprint density at radius 1 is 0.515 bits per heavy atom. The second-order valence-corrected chi connectivity index (χ2v) is 15.6. The first-order valence-electron chi connectivity index (χ1n) is 21.8. The smallest absolute Gasteiger partial charge is 0.251 e. The van der Waals surface area contributed by atoms with E-state index in [1.807, 2.05) is 12.4 Å². The molecule has 0 fully saturated rings. The van der Waals surface area contributed by atoms with Gasteiger partial charge in [-0.2, -0.15) is 0 Å². The van der Waals surface area contributed by atoms with Gasteiger partial charge in [0.25, 0.3) is 14.6 Å². The number of imidazole rings is 3. The monoisotopic (exact) mass is 938 g/mol. The minimum Gasteiger partial charge on any atom is -0.349 e. The summed E-state index contributed by atoms with van der Waals surface area (Å²) >= 11 is 0. The highest BCUT2D eigenvalue weighted by atomic mass is 19.2. The molecule has 0 amide bonds. The molecule has 3 heterocycles. The molecule has 22 heteroatoms. The van der Waals surface area contributed by atoms with Crippen LogP contribution in [0.2, 0.25) is 0 Å². The summed E-state index contributed by atoms with van der Waals surface area (Å²) < 4.78 is 132. The second-order valence-electron chi connectivity index (χ2n) is 15.6. The van der Waals surface area contributed by atoms with Crippen molar-refractivity contribution in [1.82, 2.24) is 29.9 Å². The number of hydrogen-bond donors (Lipinski definition) is 5. The lowest BCUT2D eigenvalue weighted by atomic mass is 9.63. The summed E-state index contributed by atoms with van der Waals surface area (Å²) in [5, 5.41) is 0. The predicted molar refractivity (Wildman–Crippen MR) is 231 cm³/mol. The summed E-state index contributed by atoms with van der Waals surface area (Å²) in [6.45, 7) is 2.29. The number of unbranched alkanes of at least 4 members (excludes halogenated alkanes) is 14. The van der Waals surface area contributed by atoms with Gasteiger partial charge in [-0.15, -0.1) is 0 Å². The Balaban J connectivity index is 0.000000263. The van der Waals surface area contributed by atoms with Crippen molar-refractivity contribution in [2.45, 2.75) is 135 Å². The van der Waals surface area contributed by atoms with E-state index in [4.69, 9.17) is 11.5 Å². The van der Waals surface area contributed by atoms with Crippen molar-refractivity contribution in [3.05, 3.63) is 113 Å². The first-order valence-corrected chi connectivity index (χ1v) is 21.8. The molecule has 2 aromatic carbocycles. The van der Waals surface area contributed by atoms with Crippen LogP contribution < -0.4 is 22.4 Å². The van der Waals surface area contributed by atoms with Crippen molar-refractivity contribution in [3.63, 3.8) is 0 Å². The molecule has 0 aliphatic carbocycles. The Morgan fingerprint density at radius 2 is 0.848 bits per heavy atom. The molecule has 5 rings (SSSR count). The number of hydrogen-bond acceptors (Lipinski definition) is 7. The lowest BCUT2D eigenvalue weighted by molar-refractivity contribution is -0.113. The quantitative estimate of drug-likeness (QED) is 0.0123. The van der Waals surface area contributed by atoms with Gasteiger partial charge in [0.2, 0.25) is 0 Å². The fraction of sp³-hybridized carbons (Fsp3) is 0.477. The number of H-pyrrole nitrogens is 3. The molecule has 0 bridgehead atoms. The normalized spacial score (nSPS) is 11.9. The molecule has 358 valence electrons. The molecule has 5 aromatic rings. The number of rotatable bonds is 26. The van der Waals surface area contributed by atoms with Gasteiger partial charge in [-0.25, -0.2) is 58.9 Å². The number of aromatic amines is 3. The molecule has 2 radical (unpaired) electrons. The number of nitrogens with two attached hydrogens (primary N) is 2. The van der Waals surface area contributed by atoms with E-state index in [-0.39, 0.29) is 12.8 Å². The Kier molecular flexibility index (Phi) is 24.5. The third-order valence-corrected chi connectivity index (χ3v) is 10.4. The van der Waals surface area contributed by atoms with Gasteiger partial charge in [0, 0.05) is 55.4 Å². The molecule has 0 unspecified atom stereocenters. The average Bonchev–Trinajstić information content (AvgIpc) is 4.14. The van der Waals surface area contributed by atoms with Gasteiger partial charge in [-0.05, 0) is 17.3 Å². The molecule has 7 N–H and O–H groups in total. The number of halogens is 10. The van der Waals surface area contributed by atoms with Crippen LogP contribution in [0.5, 0.6) is 0 Å². The summed E-state index contributed by atoms with van der Waals surface area (Å²) in [6.07, 6.45) is 31.6. The van der Waals surface area contributed by atoms with Crippen LogP contribution in [-0.2, 0) is 28.9 Å². The van der Waals surface area contributed by atoms with Crippen LogP contribution in [0, 0.1) is 58.2 Å². The van der Waals surface area contributed by atoms with Gasteiger partial charge >= 0.3 is 0 Å². The zero-order valence-electron chi connectivity index (χ0n) is 36.6. The molecule has 0 saturated heterocycles. The van der Waals surface area contributed by atoms with E-state index in [9.17, 15) is 53.5 Å². The van der Waals surface area contributed by atoms with E-state index in [1.165, 1.54) is 121 Å². The SMILES string of the molecule is CCCCCCCCCCCCCCCCCc1ncc[nH]1.N[C@@H](Cc1cnc[nH]1)C(=O)[B]c1c(F)c(F)c(F)c(F)c1F.N[C@@H](Cc1cnc[nH]1)C(=O)[B]c1c(F)c(F)c(F)c(F)c1F. The molecule has 0 aliphatic rings. The highest BCUT2D eigenvalue weighted by molar-refractivity contribution is 6.85. The van der Waals surface area contributed by atoms with Crippen molar-refractivity contribution in [2.75, 3.05) is 0 Å². The van der Waals surface area contributed by atoms with Gasteiger partial charge in [0.1, 0.15) is 17.2 Å². The predicted octanol–water partition coefficient (Wildman–Crippen LogP) is 7.89. The number of nitrogens with zero attached hydrogens (tertiary/aromatic N) is 3. The highest BCUT2D eigenvalue weighted by Crippen LogP contribution is 2.18. The molecule has 10 nitrogen and oxygen atoms in total. The van der Waals surface area contributed by atoms with Crippen molar-refractivity contribution in [3.8, 4) is 0 Å². The van der Waals surface area contributed by atoms with E-state index in [1.54, 1.807) is 0 Å². The van der Waals surface area contributed by atoms with E-state index in [0.29, 0.717) is 25.9 Å². The Bertz CT molecular complexity index is 2020. The first kappa shape index (κ1) is 55.1. The fourth-order valence-electron chi connectivity index (χ4n) is 6.56. The van der Waals surface area contributed by atoms with Gasteiger partial charge in [-0.3, -0.25) is 0 Å². The maximum absolute atomic E-state index is 13.4. The lowest BCUT2D eigenvalue weighted by Crippen LogP contribution is -2.43. The van der Waals surface area contributed by atoms with Crippen LogP contribution in [0.4, 0.5) is 43.9 Å². The largest absolute Gasteiger partial charge is 0.349 e. The first-order chi connectivity index (χ1) is 31.6. The van der Waals surface area contributed by atoms with Crippen molar-refractivity contribution in [1.29, 1.82) is 0 Å².